The van der Waals surface area contributed by atoms with Crippen molar-refractivity contribution >= 4 is 33.1 Å². The third-order valence-corrected chi connectivity index (χ3v) is 5.97. The lowest BCUT2D eigenvalue weighted by Gasteiger charge is -2.31. The van der Waals surface area contributed by atoms with E-state index < -0.39 is 4.92 Å². The first-order valence-corrected chi connectivity index (χ1v) is 9.32. The fourth-order valence-electron chi connectivity index (χ4n) is 3.30. The minimum Gasteiger partial charge on any atom is -0.339 e. The number of benzene rings is 2. The van der Waals surface area contributed by atoms with Gasteiger partial charge in [-0.15, -0.1) is 11.3 Å². The largest absolute Gasteiger partial charge is 0.339 e. The van der Waals surface area contributed by atoms with Crippen LogP contribution in [0.2, 0.25) is 0 Å². The highest BCUT2D eigenvalue weighted by atomic mass is 32.1. The molecule has 1 aromatic heterocycles. The third-order valence-electron chi connectivity index (χ3n) is 4.77. The molecule has 6 nitrogen and oxygen atoms in total. The van der Waals surface area contributed by atoms with E-state index in [9.17, 15) is 14.9 Å². The van der Waals surface area contributed by atoms with Crippen LogP contribution in [0.15, 0.2) is 48.5 Å². The van der Waals surface area contributed by atoms with E-state index in [-0.39, 0.29) is 11.6 Å². The Kier molecular flexibility index (Phi) is 4.38. The number of carbonyl (C=O) groups is 1. The predicted octanol–water partition coefficient (Wildman–Crippen LogP) is 4.22. The molecule has 1 aliphatic heterocycles. The van der Waals surface area contributed by atoms with Gasteiger partial charge in [-0.25, -0.2) is 4.98 Å². The van der Waals surface area contributed by atoms with Crippen molar-refractivity contribution in [1.29, 1.82) is 0 Å². The molecule has 0 saturated carbocycles. The van der Waals surface area contributed by atoms with Crippen LogP contribution in [-0.2, 0) is 0 Å². The third kappa shape index (κ3) is 3.17. The van der Waals surface area contributed by atoms with Gasteiger partial charge in [0.1, 0.15) is 0 Å². The lowest BCUT2D eigenvalue weighted by molar-refractivity contribution is -0.384. The van der Waals surface area contributed by atoms with Gasteiger partial charge in [-0.2, -0.15) is 0 Å². The van der Waals surface area contributed by atoms with Gasteiger partial charge in [-0.3, -0.25) is 14.9 Å². The van der Waals surface area contributed by atoms with Crippen LogP contribution in [0.3, 0.4) is 0 Å². The molecule has 1 fully saturated rings. The average Bonchev–Trinajstić information content (AvgIpc) is 3.12. The number of non-ortho nitro benzene ring substituents is 1. The molecule has 1 saturated heterocycles. The number of likely N-dealkylation sites (tertiary alicyclic amines) is 1. The van der Waals surface area contributed by atoms with Gasteiger partial charge in [-0.1, -0.05) is 12.1 Å². The molecule has 0 aliphatic carbocycles. The summed E-state index contributed by atoms with van der Waals surface area (Å²) in [5.74, 6) is 0.316. The van der Waals surface area contributed by atoms with E-state index in [0.29, 0.717) is 24.6 Å². The number of aromatic nitrogens is 1. The molecule has 0 unspecified atom stereocenters. The Morgan fingerprint density at radius 2 is 1.81 bits per heavy atom. The Morgan fingerprint density at radius 1 is 1.12 bits per heavy atom. The van der Waals surface area contributed by atoms with Crippen LogP contribution in [0, 0.1) is 10.1 Å². The summed E-state index contributed by atoms with van der Waals surface area (Å²) in [5.41, 5.74) is 1.53. The number of amides is 1. The van der Waals surface area contributed by atoms with Crippen molar-refractivity contribution in [3.63, 3.8) is 0 Å². The number of nitro groups is 1. The quantitative estimate of drug-likeness (QED) is 0.513. The van der Waals surface area contributed by atoms with Crippen LogP contribution in [-0.4, -0.2) is 33.8 Å². The molecule has 1 amide bonds. The first kappa shape index (κ1) is 16.7. The summed E-state index contributed by atoms with van der Waals surface area (Å²) in [6.07, 6.45) is 1.77. The van der Waals surface area contributed by atoms with Crippen molar-refractivity contribution in [3.05, 3.63) is 69.2 Å². The Morgan fingerprint density at radius 3 is 2.46 bits per heavy atom. The van der Waals surface area contributed by atoms with Gasteiger partial charge in [0.15, 0.2) is 0 Å². The fraction of sp³-hybridized carbons (Fsp3) is 0.263. The number of nitrogens with zero attached hydrogens (tertiary/aromatic N) is 3. The van der Waals surface area contributed by atoms with E-state index in [1.165, 1.54) is 29.0 Å². The molecule has 0 N–H and O–H groups in total. The first-order valence-electron chi connectivity index (χ1n) is 8.51. The van der Waals surface area contributed by atoms with E-state index in [2.05, 4.69) is 6.07 Å². The van der Waals surface area contributed by atoms with Crippen molar-refractivity contribution in [2.75, 3.05) is 13.1 Å². The van der Waals surface area contributed by atoms with Gasteiger partial charge in [0.2, 0.25) is 0 Å². The maximum absolute atomic E-state index is 12.6. The zero-order chi connectivity index (χ0) is 18.1. The smallest absolute Gasteiger partial charge is 0.269 e. The molecular formula is C19H17N3O3S. The van der Waals surface area contributed by atoms with E-state index in [1.54, 1.807) is 11.3 Å². The topological polar surface area (TPSA) is 76.3 Å². The summed E-state index contributed by atoms with van der Waals surface area (Å²) in [6.45, 7) is 1.35. The molecule has 3 aromatic rings. The van der Waals surface area contributed by atoms with Gasteiger partial charge < -0.3 is 4.90 Å². The second kappa shape index (κ2) is 6.84. The van der Waals surface area contributed by atoms with Crippen molar-refractivity contribution in [2.45, 2.75) is 18.8 Å². The number of thiazole rings is 1. The number of piperidine rings is 1. The highest BCUT2D eigenvalue weighted by Gasteiger charge is 2.26. The van der Waals surface area contributed by atoms with Crippen molar-refractivity contribution in [3.8, 4) is 0 Å². The van der Waals surface area contributed by atoms with Crippen LogP contribution in [0.25, 0.3) is 10.2 Å². The van der Waals surface area contributed by atoms with Gasteiger partial charge in [0, 0.05) is 36.7 Å². The number of hydrogen-bond acceptors (Lipinski definition) is 5. The second-order valence-corrected chi connectivity index (χ2v) is 7.45. The van der Waals surface area contributed by atoms with Crippen LogP contribution < -0.4 is 0 Å². The molecule has 0 atom stereocenters. The van der Waals surface area contributed by atoms with Crippen LogP contribution in [0.1, 0.15) is 34.1 Å². The Labute approximate surface area is 154 Å². The van der Waals surface area contributed by atoms with E-state index in [4.69, 9.17) is 4.98 Å². The van der Waals surface area contributed by atoms with Crippen molar-refractivity contribution < 1.29 is 9.72 Å². The minimum atomic E-state index is -0.461. The summed E-state index contributed by atoms with van der Waals surface area (Å²) >= 11 is 1.74. The molecular weight excluding hydrogens is 350 g/mol. The first-order chi connectivity index (χ1) is 12.6. The predicted molar refractivity (Wildman–Crippen MR) is 101 cm³/mol. The number of rotatable bonds is 3. The molecule has 2 aromatic carbocycles. The lowest BCUT2D eigenvalue weighted by atomic mass is 9.97. The SMILES string of the molecule is O=C(c1ccc([N+](=O)[O-])cc1)N1CCC(c2nc3ccccc3s2)CC1. The van der Waals surface area contributed by atoms with Crippen LogP contribution in [0.5, 0.6) is 0 Å². The summed E-state index contributed by atoms with van der Waals surface area (Å²) < 4.78 is 1.20. The summed E-state index contributed by atoms with van der Waals surface area (Å²) in [5, 5.41) is 11.9. The summed E-state index contributed by atoms with van der Waals surface area (Å²) in [4.78, 5) is 29.4. The number of fused-ring (bicyclic) bond motifs is 1. The van der Waals surface area contributed by atoms with Gasteiger partial charge in [0.05, 0.1) is 20.1 Å². The zero-order valence-electron chi connectivity index (χ0n) is 14.0. The highest BCUT2D eigenvalue weighted by molar-refractivity contribution is 7.18. The summed E-state index contributed by atoms with van der Waals surface area (Å²) in [7, 11) is 0. The monoisotopic (exact) mass is 367 g/mol. The minimum absolute atomic E-state index is 0.00362. The zero-order valence-corrected chi connectivity index (χ0v) is 14.8. The van der Waals surface area contributed by atoms with Crippen LogP contribution in [0.4, 0.5) is 5.69 Å². The highest BCUT2D eigenvalue weighted by Crippen LogP contribution is 2.34. The van der Waals surface area contributed by atoms with Crippen molar-refractivity contribution in [1.82, 2.24) is 9.88 Å². The van der Waals surface area contributed by atoms with Gasteiger partial charge in [-0.05, 0) is 37.1 Å². The number of hydrogen-bond donors (Lipinski definition) is 0. The number of carbonyl (C=O) groups excluding carboxylic acids is 1. The normalized spacial score (nSPS) is 15.3. The summed E-state index contributed by atoms with van der Waals surface area (Å²) in [6, 6.07) is 13.9. The molecule has 0 radical (unpaired) electrons. The maximum atomic E-state index is 12.6. The molecule has 7 heteroatoms. The Hall–Kier alpha value is -2.80. The molecule has 4 rings (SSSR count). The van der Waals surface area contributed by atoms with E-state index in [0.717, 1.165) is 23.4 Å². The van der Waals surface area contributed by atoms with Crippen LogP contribution >= 0.6 is 11.3 Å². The van der Waals surface area contributed by atoms with E-state index >= 15 is 0 Å². The van der Waals surface area contributed by atoms with Crippen molar-refractivity contribution in [2.24, 2.45) is 0 Å². The van der Waals surface area contributed by atoms with Gasteiger partial charge in [0.25, 0.3) is 11.6 Å². The number of para-hydroxylation sites is 1. The average molecular weight is 367 g/mol. The molecule has 0 spiro atoms. The Balaban J connectivity index is 1.42. The lowest BCUT2D eigenvalue weighted by Crippen LogP contribution is -2.37. The Bertz CT molecular complexity index is 927. The second-order valence-electron chi connectivity index (χ2n) is 6.39. The maximum Gasteiger partial charge on any atom is 0.269 e. The van der Waals surface area contributed by atoms with E-state index in [1.807, 2.05) is 23.1 Å². The van der Waals surface area contributed by atoms with Gasteiger partial charge >= 0.3 is 0 Å². The molecule has 2 heterocycles. The molecule has 26 heavy (non-hydrogen) atoms. The molecule has 0 bridgehead atoms. The standard InChI is InChI=1S/C19H17N3O3S/c23-19(14-5-7-15(8-6-14)22(24)25)21-11-9-13(10-12-21)18-20-16-3-1-2-4-17(16)26-18/h1-8,13H,9-12H2. The fourth-order valence-corrected chi connectivity index (χ4v) is 4.44. The molecule has 1 aliphatic rings. The molecule has 132 valence electrons. The number of nitro benzene ring substituents is 1.